The lowest BCUT2D eigenvalue weighted by atomic mass is 10.1. The molecule has 25 heavy (non-hydrogen) atoms. The van der Waals surface area contributed by atoms with Gasteiger partial charge in [-0.2, -0.15) is 0 Å². The van der Waals surface area contributed by atoms with Gasteiger partial charge in [-0.3, -0.25) is 0 Å². The topological polar surface area (TPSA) is 12.9 Å². The number of fused-ring (bicyclic) bond motifs is 3. The van der Waals surface area contributed by atoms with Gasteiger partial charge >= 0.3 is 0 Å². The summed E-state index contributed by atoms with van der Waals surface area (Å²) in [7, 11) is 0. The van der Waals surface area contributed by atoms with Crippen LogP contribution in [0.5, 0.6) is 0 Å². The second-order valence-electron chi connectivity index (χ2n) is 6.05. The van der Waals surface area contributed by atoms with Crippen molar-refractivity contribution in [3.05, 3.63) is 91.0 Å². The van der Waals surface area contributed by atoms with Crippen LogP contribution in [0, 0.1) is 0 Å². The molecule has 0 radical (unpaired) electrons. The largest absolute Gasteiger partial charge is 0.248 e. The van der Waals surface area contributed by atoms with Gasteiger partial charge in [0.1, 0.15) is 0 Å². The number of rotatable bonds is 2. The van der Waals surface area contributed by atoms with E-state index in [1.165, 1.54) is 25.7 Å². The van der Waals surface area contributed by atoms with Gasteiger partial charge in [0, 0.05) is 31.3 Å². The summed E-state index contributed by atoms with van der Waals surface area (Å²) >= 11 is 1.84. The highest BCUT2D eigenvalue weighted by atomic mass is 32.1. The molecule has 1 nitrogen and oxygen atoms in total. The summed E-state index contributed by atoms with van der Waals surface area (Å²) < 4.78 is 2.63. The molecule has 118 valence electrons. The van der Waals surface area contributed by atoms with E-state index in [2.05, 4.69) is 84.9 Å². The molecule has 5 rings (SSSR count). The molecule has 2 heteroatoms. The monoisotopic (exact) mass is 337 g/mol. The average molecular weight is 337 g/mol. The first kappa shape index (κ1) is 14.4. The van der Waals surface area contributed by atoms with Gasteiger partial charge in [-0.05, 0) is 18.2 Å². The quantitative estimate of drug-likeness (QED) is 0.346. The summed E-state index contributed by atoms with van der Waals surface area (Å²) in [6.07, 6.45) is 0. The molecule has 0 atom stereocenters. The van der Waals surface area contributed by atoms with Crippen molar-refractivity contribution >= 4 is 31.5 Å². The summed E-state index contributed by atoms with van der Waals surface area (Å²) in [4.78, 5) is 4.94. The first-order valence-electron chi connectivity index (χ1n) is 8.33. The molecule has 0 aliphatic heterocycles. The molecule has 5 aromatic rings. The minimum atomic E-state index is 1.01. The van der Waals surface area contributed by atoms with Crippen LogP contribution in [0.15, 0.2) is 91.0 Å². The number of benzene rings is 3. The van der Waals surface area contributed by atoms with Gasteiger partial charge in [0.2, 0.25) is 0 Å². The maximum absolute atomic E-state index is 4.94. The maximum atomic E-state index is 4.94. The van der Waals surface area contributed by atoms with Gasteiger partial charge in [0.05, 0.1) is 11.4 Å². The molecule has 3 aromatic carbocycles. The van der Waals surface area contributed by atoms with E-state index in [9.17, 15) is 0 Å². The van der Waals surface area contributed by atoms with E-state index in [4.69, 9.17) is 4.98 Å². The predicted octanol–water partition coefficient (Wildman–Crippen LogP) is 6.78. The second-order valence-corrected chi connectivity index (χ2v) is 7.11. The normalized spacial score (nSPS) is 11.2. The van der Waals surface area contributed by atoms with Gasteiger partial charge in [-0.25, -0.2) is 4.98 Å². The Hall–Kier alpha value is -2.97. The number of hydrogen-bond acceptors (Lipinski definition) is 2. The van der Waals surface area contributed by atoms with Crippen LogP contribution in [0.4, 0.5) is 0 Å². The lowest BCUT2D eigenvalue weighted by molar-refractivity contribution is 1.33. The average Bonchev–Trinajstić information content (AvgIpc) is 3.07. The van der Waals surface area contributed by atoms with E-state index in [1.807, 2.05) is 17.4 Å². The first-order chi connectivity index (χ1) is 12.4. The lowest BCUT2D eigenvalue weighted by Crippen LogP contribution is -1.87. The standard InChI is InChI=1S/C23H15NS/c1-2-8-16(9-3-1)20-13-7-14-21(24-20)19-12-6-11-18-17-10-4-5-15-22(17)25-23(18)19/h1-15H. The molecule has 0 N–H and O–H groups in total. The molecular formula is C23H15NS. The van der Waals surface area contributed by atoms with Crippen LogP contribution in [0.2, 0.25) is 0 Å². The molecule has 2 heterocycles. The fourth-order valence-electron chi connectivity index (χ4n) is 3.30. The summed E-state index contributed by atoms with van der Waals surface area (Å²) in [5, 5.41) is 2.63. The van der Waals surface area contributed by atoms with Gasteiger partial charge in [0.25, 0.3) is 0 Å². The van der Waals surface area contributed by atoms with Crippen LogP contribution in [0.1, 0.15) is 0 Å². The number of hydrogen-bond donors (Lipinski definition) is 0. The van der Waals surface area contributed by atoms with Crippen LogP contribution >= 0.6 is 11.3 Å². The molecule has 2 aromatic heterocycles. The molecule has 0 aliphatic carbocycles. The van der Waals surface area contributed by atoms with Crippen molar-refractivity contribution in [1.82, 2.24) is 4.98 Å². The zero-order chi connectivity index (χ0) is 16.6. The Morgan fingerprint density at radius 1 is 0.560 bits per heavy atom. The molecule has 0 unspecified atom stereocenters. The summed E-state index contributed by atoms with van der Waals surface area (Å²) in [5.74, 6) is 0. The minimum absolute atomic E-state index is 1.01. The van der Waals surface area contributed by atoms with Gasteiger partial charge < -0.3 is 0 Å². The molecule has 0 fully saturated rings. The highest BCUT2D eigenvalue weighted by molar-refractivity contribution is 7.26. The minimum Gasteiger partial charge on any atom is -0.248 e. The molecule has 0 bridgehead atoms. The van der Waals surface area contributed by atoms with Gasteiger partial charge in [0.15, 0.2) is 0 Å². The van der Waals surface area contributed by atoms with Crippen LogP contribution in [-0.4, -0.2) is 4.98 Å². The molecule has 0 saturated carbocycles. The van der Waals surface area contributed by atoms with Crippen molar-refractivity contribution in [3.8, 4) is 22.5 Å². The molecule has 0 saturated heterocycles. The Bertz CT molecular complexity index is 1190. The van der Waals surface area contributed by atoms with Gasteiger partial charge in [-0.15, -0.1) is 11.3 Å². The van der Waals surface area contributed by atoms with E-state index >= 15 is 0 Å². The van der Waals surface area contributed by atoms with Crippen molar-refractivity contribution in [3.63, 3.8) is 0 Å². The summed E-state index contributed by atoms with van der Waals surface area (Å²) in [5.41, 5.74) is 4.39. The van der Waals surface area contributed by atoms with E-state index < -0.39 is 0 Å². The number of aromatic nitrogens is 1. The molecule has 0 amide bonds. The Morgan fingerprint density at radius 3 is 2.20 bits per heavy atom. The molecule has 0 aliphatic rings. The second kappa shape index (κ2) is 5.83. The van der Waals surface area contributed by atoms with Crippen molar-refractivity contribution in [1.29, 1.82) is 0 Å². The van der Waals surface area contributed by atoms with E-state index in [-0.39, 0.29) is 0 Å². The Morgan fingerprint density at radius 2 is 1.28 bits per heavy atom. The number of pyridine rings is 1. The highest BCUT2D eigenvalue weighted by Gasteiger charge is 2.11. The van der Waals surface area contributed by atoms with E-state index in [0.717, 1.165) is 17.0 Å². The Labute approximate surface area is 150 Å². The third kappa shape index (κ3) is 2.43. The molecule has 0 spiro atoms. The lowest BCUT2D eigenvalue weighted by Gasteiger charge is -2.06. The number of nitrogens with zero attached hydrogens (tertiary/aromatic N) is 1. The van der Waals surface area contributed by atoms with Gasteiger partial charge in [-0.1, -0.05) is 72.8 Å². The van der Waals surface area contributed by atoms with Crippen molar-refractivity contribution in [2.75, 3.05) is 0 Å². The Balaban J connectivity index is 1.74. The van der Waals surface area contributed by atoms with Crippen LogP contribution in [-0.2, 0) is 0 Å². The van der Waals surface area contributed by atoms with E-state index in [1.54, 1.807) is 0 Å². The van der Waals surface area contributed by atoms with Crippen LogP contribution in [0.3, 0.4) is 0 Å². The maximum Gasteiger partial charge on any atom is 0.0723 e. The Kier molecular flexibility index (Phi) is 3.36. The fourth-order valence-corrected chi connectivity index (χ4v) is 4.53. The summed E-state index contributed by atoms with van der Waals surface area (Å²) in [6.45, 7) is 0. The number of thiophene rings is 1. The van der Waals surface area contributed by atoms with Crippen LogP contribution < -0.4 is 0 Å². The van der Waals surface area contributed by atoms with Crippen molar-refractivity contribution in [2.24, 2.45) is 0 Å². The third-order valence-corrected chi connectivity index (χ3v) is 5.72. The fraction of sp³-hybridized carbons (Fsp3) is 0. The zero-order valence-corrected chi connectivity index (χ0v) is 14.3. The zero-order valence-electron chi connectivity index (χ0n) is 13.5. The highest BCUT2D eigenvalue weighted by Crippen LogP contribution is 2.39. The third-order valence-electron chi connectivity index (χ3n) is 4.50. The van der Waals surface area contributed by atoms with Crippen LogP contribution in [0.25, 0.3) is 42.7 Å². The SMILES string of the molecule is c1ccc(-c2cccc(-c3cccc4c3sc3ccccc34)n2)cc1. The molecular weight excluding hydrogens is 322 g/mol. The smallest absolute Gasteiger partial charge is 0.0723 e. The van der Waals surface area contributed by atoms with Crippen molar-refractivity contribution < 1.29 is 0 Å². The summed E-state index contributed by atoms with van der Waals surface area (Å²) in [6, 6.07) is 31.7. The predicted molar refractivity (Wildman–Crippen MR) is 108 cm³/mol. The van der Waals surface area contributed by atoms with E-state index in [0.29, 0.717) is 0 Å². The first-order valence-corrected chi connectivity index (χ1v) is 9.15. The van der Waals surface area contributed by atoms with Crippen molar-refractivity contribution in [2.45, 2.75) is 0 Å².